The van der Waals surface area contributed by atoms with E-state index < -0.39 is 0 Å². The van der Waals surface area contributed by atoms with Crippen molar-refractivity contribution in [3.8, 4) is 0 Å². The zero-order chi connectivity index (χ0) is 25.2. The van der Waals surface area contributed by atoms with Crippen LogP contribution in [0.5, 0.6) is 0 Å². The van der Waals surface area contributed by atoms with Gasteiger partial charge in [-0.3, -0.25) is 0 Å². The number of nitrogens with zero attached hydrogens (tertiary/aromatic N) is 2. The molecule has 0 spiro atoms. The van der Waals surface area contributed by atoms with Crippen LogP contribution in [-0.4, -0.2) is 32.4 Å². The van der Waals surface area contributed by atoms with Gasteiger partial charge in [-0.05, 0) is 110 Å². The fourth-order valence-electron chi connectivity index (χ4n) is 9.91. The number of hydrogen-bond acceptors (Lipinski definition) is 4. The number of hydrogen-bond donors (Lipinski definition) is 2. The Kier molecular flexibility index (Phi) is 6.41. The Hall–Kier alpha value is -1.23. The van der Waals surface area contributed by atoms with Gasteiger partial charge in [0.05, 0.1) is 22.7 Å². The summed E-state index contributed by atoms with van der Waals surface area (Å²) in [5.74, 6) is 4.35. The number of para-hydroxylation sites is 1. The predicted octanol–water partition coefficient (Wildman–Crippen LogP) is 6.84. The molecular formula is C31H43ClN2O2. The largest absolute Gasteiger partial charge is 0.393 e. The first-order valence-corrected chi connectivity index (χ1v) is 14.8. The van der Waals surface area contributed by atoms with Crippen LogP contribution in [0.25, 0.3) is 10.9 Å². The van der Waals surface area contributed by atoms with Crippen molar-refractivity contribution in [1.29, 1.82) is 0 Å². The molecule has 4 aliphatic rings. The van der Waals surface area contributed by atoms with Crippen LogP contribution in [0.3, 0.4) is 0 Å². The molecule has 196 valence electrons. The summed E-state index contributed by atoms with van der Waals surface area (Å²) in [4.78, 5) is 9.43. The minimum Gasteiger partial charge on any atom is -0.393 e. The minimum atomic E-state index is -0.201. The molecule has 0 saturated heterocycles. The lowest BCUT2D eigenvalue weighted by Gasteiger charge is -2.62. The quantitative estimate of drug-likeness (QED) is 0.472. The molecule has 4 saturated carbocycles. The summed E-state index contributed by atoms with van der Waals surface area (Å²) < 4.78 is 0. The molecule has 4 aliphatic carbocycles. The van der Waals surface area contributed by atoms with E-state index in [1.807, 2.05) is 24.4 Å². The third kappa shape index (κ3) is 3.93. The fourth-order valence-corrected chi connectivity index (χ4v) is 10.1. The molecule has 2 aromatic rings. The van der Waals surface area contributed by atoms with Gasteiger partial charge in [-0.1, -0.05) is 44.5 Å². The van der Waals surface area contributed by atoms with Crippen LogP contribution >= 0.6 is 11.6 Å². The monoisotopic (exact) mass is 510 g/mol. The summed E-state index contributed by atoms with van der Waals surface area (Å²) in [5, 5.41) is 23.5. The number of aromatic nitrogens is 2. The van der Waals surface area contributed by atoms with Crippen molar-refractivity contribution in [3.63, 3.8) is 0 Å². The summed E-state index contributed by atoms with van der Waals surface area (Å²) in [6.07, 6.45) is 12.4. The van der Waals surface area contributed by atoms with Crippen LogP contribution in [0.15, 0.2) is 24.4 Å². The fraction of sp³-hybridized carbons (Fsp3) is 0.742. The number of fused-ring (bicyclic) bond motifs is 6. The molecule has 36 heavy (non-hydrogen) atoms. The summed E-state index contributed by atoms with van der Waals surface area (Å²) in [6.45, 7) is 7.50. The van der Waals surface area contributed by atoms with Gasteiger partial charge >= 0.3 is 0 Å². The maximum Gasteiger partial charge on any atom is 0.129 e. The molecule has 1 heterocycles. The second-order valence-corrected chi connectivity index (χ2v) is 13.8. The smallest absolute Gasteiger partial charge is 0.129 e. The Bertz CT molecular complexity index is 1120. The number of aliphatic hydroxyl groups is 2. The average Bonchev–Trinajstić information content (AvgIpc) is 3.21. The summed E-state index contributed by atoms with van der Waals surface area (Å²) in [5.41, 5.74) is 1.46. The van der Waals surface area contributed by atoms with Crippen molar-refractivity contribution in [2.24, 2.45) is 46.3 Å². The molecule has 6 rings (SSSR count). The van der Waals surface area contributed by atoms with Crippen molar-refractivity contribution < 1.29 is 10.2 Å². The van der Waals surface area contributed by atoms with E-state index in [-0.39, 0.29) is 12.2 Å². The Morgan fingerprint density at radius 2 is 1.81 bits per heavy atom. The highest BCUT2D eigenvalue weighted by Gasteiger charge is 2.62. The molecule has 0 aliphatic heterocycles. The first kappa shape index (κ1) is 25.1. The molecule has 1 aromatic carbocycles. The van der Waals surface area contributed by atoms with Crippen LogP contribution < -0.4 is 0 Å². The van der Waals surface area contributed by atoms with Gasteiger partial charge in [-0.2, -0.15) is 0 Å². The topological polar surface area (TPSA) is 66.2 Å². The zero-order valence-electron chi connectivity index (χ0n) is 22.2. The third-order valence-corrected chi connectivity index (χ3v) is 12.2. The maximum atomic E-state index is 11.5. The number of aryl methyl sites for hydroxylation is 1. The van der Waals surface area contributed by atoms with Gasteiger partial charge in [0, 0.05) is 18.0 Å². The van der Waals surface area contributed by atoms with Gasteiger partial charge < -0.3 is 10.2 Å². The molecule has 10 atom stereocenters. The van der Waals surface area contributed by atoms with Crippen LogP contribution in [0, 0.1) is 46.3 Å². The molecule has 1 unspecified atom stereocenters. The van der Waals surface area contributed by atoms with Crippen molar-refractivity contribution in [3.05, 3.63) is 35.2 Å². The van der Waals surface area contributed by atoms with E-state index in [1.165, 1.54) is 25.7 Å². The number of rotatable bonds is 4. The molecule has 2 N–H and O–H groups in total. The van der Waals surface area contributed by atoms with Crippen LogP contribution in [-0.2, 0) is 6.42 Å². The van der Waals surface area contributed by atoms with Crippen LogP contribution in [0.1, 0.15) is 84.4 Å². The summed E-state index contributed by atoms with van der Waals surface area (Å²) in [7, 11) is 0. The SMILES string of the molecule is C[C@H](CCc1ncc2cccc(Cl)c2n1)[C@H]1CC[C@H]2[C@H]3C(CC[C@]12C)[C@@]1(C)CC[C@@H](O)C[C@H]1C[C@H]3O. The van der Waals surface area contributed by atoms with Crippen LogP contribution in [0.4, 0.5) is 0 Å². The second kappa shape index (κ2) is 9.20. The maximum absolute atomic E-state index is 11.5. The van der Waals surface area contributed by atoms with Crippen molar-refractivity contribution in [1.82, 2.24) is 9.97 Å². The molecule has 0 amide bonds. The molecule has 4 fully saturated rings. The molecule has 0 bridgehead atoms. The summed E-state index contributed by atoms with van der Waals surface area (Å²) >= 11 is 6.39. The van der Waals surface area contributed by atoms with E-state index in [2.05, 4.69) is 25.8 Å². The Morgan fingerprint density at radius 1 is 1.03 bits per heavy atom. The van der Waals surface area contributed by atoms with Gasteiger partial charge in [0.15, 0.2) is 0 Å². The van der Waals surface area contributed by atoms with E-state index in [4.69, 9.17) is 16.6 Å². The van der Waals surface area contributed by atoms with Crippen molar-refractivity contribution >= 4 is 22.5 Å². The minimum absolute atomic E-state index is 0.167. The number of benzene rings is 1. The first-order valence-electron chi connectivity index (χ1n) is 14.5. The highest BCUT2D eigenvalue weighted by molar-refractivity contribution is 6.34. The van der Waals surface area contributed by atoms with E-state index in [0.29, 0.717) is 51.4 Å². The lowest BCUT2D eigenvalue weighted by Crippen LogP contribution is -2.58. The highest BCUT2D eigenvalue weighted by atomic mass is 35.5. The van der Waals surface area contributed by atoms with Gasteiger partial charge in [-0.25, -0.2) is 9.97 Å². The van der Waals surface area contributed by atoms with E-state index in [9.17, 15) is 10.2 Å². The Balaban J connectivity index is 1.17. The highest BCUT2D eigenvalue weighted by Crippen LogP contribution is 2.68. The average molecular weight is 511 g/mol. The van der Waals surface area contributed by atoms with Crippen molar-refractivity contribution in [2.75, 3.05) is 0 Å². The standard InChI is InChI=1S/C31H43ClN2O2/c1-18(7-10-27-33-17-19-5-4-6-25(32)29(19)34-27)22-8-9-23-28-24(12-14-31(22,23)3)30(2)13-11-21(35)15-20(30)16-26(28)36/h4-6,17-18,20-24,26,28,35-36H,7-16H2,1-3H3/t18-,20+,21-,22-,23+,24?,26-,28+,30+,31-/m1/s1. The molecular weight excluding hydrogens is 468 g/mol. The third-order valence-electron chi connectivity index (χ3n) is 11.9. The van der Waals surface area contributed by atoms with Crippen molar-refractivity contribution in [2.45, 2.75) is 97.2 Å². The lowest BCUT2D eigenvalue weighted by molar-refractivity contribution is -0.174. The van der Waals surface area contributed by atoms with Gasteiger partial charge in [0.1, 0.15) is 5.82 Å². The molecule has 4 nitrogen and oxygen atoms in total. The van der Waals surface area contributed by atoms with E-state index >= 15 is 0 Å². The predicted molar refractivity (Wildman–Crippen MR) is 145 cm³/mol. The van der Waals surface area contributed by atoms with Gasteiger partial charge in [0.25, 0.3) is 0 Å². The number of aliphatic hydroxyl groups excluding tert-OH is 2. The van der Waals surface area contributed by atoms with Crippen LogP contribution in [0.2, 0.25) is 5.02 Å². The number of halogens is 1. The molecule has 0 radical (unpaired) electrons. The van der Waals surface area contributed by atoms with E-state index in [0.717, 1.165) is 55.3 Å². The van der Waals surface area contributed by atoms with E-state index in [1.54, 1.807) is 0 Å². The van der Waals surface area contributed by atoms with Gasteiger partial charge in [0.2, 0.25) is 0 Å². The molecule has 5 heteroatoms. The summed E-state index contributed by atoms with van der Waals surface area (Å²) in [6, 6.07) is 5.86. The Labute approximate surface area is 221 Å². The molecule has 1 aromatic heterocycles. The normalized spacial score (nSPS) is 43.0. The van der Waals surface area contributed by atoms with Gasteiger partial charge in [-0.15, -0.1) is 0 Å². The zero-order valence-corrected chi connectivity index (χ0v) is 22.9. The second-order valence-electron chi connectivity index (χ2n) is 13.4. The Morgan fingerprint density at radius 3 is 2.64 bits per heavy atom. The lowest BCUT2D eigenvalue weighted by atomic mass is 9.43. The first-order chi connectivity index (χ1) is 17.2.